The summed E-state index contributed by atoms with van der Waals surface area (Å²) in [6, 6.07) is 15.9. The summed E-state index contributed by atoms with van der Waals surface area (Å²) in [5.41, 5.74) is 3.04. The quantitative estimate of drug-likeness (QED) is 0.489. The van der Waals surface area contributed by atoms with E-state index >= 15 is 0 Å². The van der Waals surface area contributed by atoms with Crippen LogP contribution >= 0.6 is 0 Å². The fraction of sp³-hybridized carbons (Fsp3) is 0.304. The lowest BCUT2D eigenvalue weighted by atomic mass is 9.89. The number of phenols is 1. The van der Waals surface area contributed by atoms with Crippen LogP contribution in [0.25, 0.3) is 11.4 Å². The van der Waals surface area contributed by atoms with Crippen LogP contribution in [-0.2, 0) is 6.42 Å². The van der Waals surface area contributed by atoms with Crippen molar-refractivity contribution in [2.24, 2.45) is 0 Å². The Bertz CT molecular complexity index is 1030. The van der Waals surface area contributed by atoms with Gasteiger partial charge in [0.05, 0.1) is 4.92 Å². The predicted octanol–water partition coefficient (Wildman–Crippen LogP) is 4.70. The molecular formula is C23H24N4O3. The van der Waals surface area contributed by atoms with Crippen molar-refractivity contribution in [2.45, 2.75) is 32.1 Å². The summed E-state index contributed by atoms with van der Waals surface area (Å²) in [4.78, 5) is 22.2. The zero-order chi connectivity index (χ0) is 21.1. The van der Waals surface area contributed by atoms with E-state index in [2.05, 4.69) is 16.8 Å². The first-order valence-corrected chi connectivity index (χ1v) is 10.2. The Balaban J connectivity index is 1.53. The highest BCUT2D eigenvalue weighted by atomic mass is 16.6. The number of piperidine rings is 1. The van der Waals surface area contributed by atoms with Crippen molar-refractivity contribution >= 4 is 11.5 Å². The van der Waals surface area contributed by atoms with Gasteiger partial charge in [-0.25, -0.2) is 9.97 Å². The van der Waals surface area contributed by atoms with Gasteiger partial charge in [0.1, 0.15) is 11.6 Å². The maximum Gasteiger partial charge on any atom is 0.269 e. The van der Waals surface area contributed by atoms with Crippen LogP contribution in [0.3, 0.4) is 0 Å². The van der Waals surface area contributed by atoms with Crippen LogP contribution in [0.4, 0.5) is 11.5 Å². The summed E-state index contributed by atoms with van der Waals surface area (Å²) in [6.07, 6.45) is 2.83. The standard InChI is InChI=1S/C23H24N4O3/c1-2-19-15-22(25-23(24-19)18-3-7-20(8-4-18)27(29)30)26-13-11-17(12-14-26)16-5-9-21(28)10-6-16/h3-10,15,17,28H,2,11-14H2,1H3. The van der Waals surface area contributed by atoms with Gasteiger partial charge in [-0.15, -0.1) is 0 Å². The minimum Gasteiger partial charge on any atom is -0.508 e. The van der Waals surface area contributed by atoms with E-state index in [0.717, 1.165) is 49.4 Å². The van der Waals surface area contributed by atoms with E-state index in [1.54, 1.807) is 24.3 Å². The lowest BCUT2D eigenvalue weighted by Gasteiger charge is -2.33. The Morgan fingerprint density at radius 3 is 2.33 bits per heavy atom. The molecule has 0 saturated carbocycles. The first-order valence-electron chi connectivity index (χ1n) is 10.2. The van der Waals surface area contributed by atoms with Crippen molar-refractivity contribution < 1.29 is 10.0 Å². The van der Waals surface area contributed by atoms with Gasteiger partial charge in [-0.3, -0.25) is 10.1 Å². The number of nitrogens with zero attached hydrogens (tertiary/aromatic N) is 4. The molecule has 2 aromatic carbocycles. The van der Waals surface area contributed by atoms with Crippen LogP contribution in [0.2, 0.25) is 0 Å². The van der Waals surface area contributed by atoms with E-state index in [1.165, 1.54) is 17.7 Å². The molecule has 1 fully saturated rings. The molecule has 154 valence electrons. The molecule has 7 nitrogen and oxygen atoms in total. The zero-order valence-electron chi connectivity index (χ0n) is 16.9. The molecule has 30 heavy (non-hydrogen) atoms. The van der Waals surface area contributed by atoms with E-state index in [9.17, 15) is 15.2 Å². The average Bonchev–Trinajstić information content (AvgIpc) is 2.79. The van der Waals surface area contributed by atoms with Crippen LogP contribution < -0.4 is 4.90 Å². The van der Waals surface area contributed by atoms with E-state index in [-0.39, 0.29) is 5.69 Å². The number of nitro benzene ring substituents is 1. The molecule has 0 radical (unpaired) electrons. The second-order valence-electron chi connectivity index (χ2n) is 7.55. The van der Waals surface area contributed by atoms with Gasteiger partial charge in [0.25, 0.3) is 5.69 Å². The van der Waals surface area contributed by atoms with Crippen LogP contribution in [0, 0.1) is 10.1 Å². The van der Waals surface area contributed by atoms with Crippen LogP contribution in [0.5, 0.6) is 5.75 Å². The SMILES string of the molecule is CCc1cc(N2CCC(c3ccc(O)cc3)CC2)nc(-c2ccc([N+](=O)[O-])cc2)n1. The number of phenolic OH excluding ortho intramolecular Hbond substituents is 1. The molecule has 1 aliphatic rings. The number of nitro groups is 1. The fourth-order valence-electron chi connectivity index (χ4n) is 3.88. The molecule has 0 unspecified atom stereocenters. The maximum atomic E-state index is 10.9. The van der Waals surface area contributed by atoms with Crippen LogP contribution in [0.1, 0.15) is 36.9 Å². The monoisotopic (exact) mass is 404 g/mol. The molecule has 1 aliphatic heterocycles. The van der Waals surface area contributed by atoms with E-state index in [0.29, 0.717) is 17.5 Å². The van der Waals surface area contributed by atoms with Gasteiger partial charge >= 0.3 is 0 Å². The molecule has 0 aliphatic carbocycles. The number of aryl methyl sites for hydroxylation is 1. The lowest BCUT2D eigenvalue weighted by Crippen LogP contribution is -2.33. The Kier molecular flexibility index (Phi) is 5.61. The first-order chi connectivity index (χ1) is 14.5. The second kappa shape index (κ2) is 8.49. The van der Waals surface area contributed by atoms with Gasteiger partial charge in [-0.05, 0) is 55.0 Å². The molecular weight excluding hydrogens is 380 g/mol. The molecule has 0 amide bonds. The van der Waals surface area contributed by atoms with Gasteiger partial charge < -0.3 is 10.0 Å². The number of hydrogen-bond acceptors (Lipinski definition) is 6. The average molecular weight is 404 g/mol. The van der Waals surface area contributed by atoms with Gasteiger partial charge in [0.2, 0.25) is 0 Å². The van der Waals surface area contributed by atoms with Gasteiger partial charge in [0, 0.05) is 42.5 Å². The number of non-ortho nitro benzene ring substituents is 1. The zero-order valence-corrected chi connectivity index (χ0v) is 16.9. The van der Waals surface area contributed by atoms with Gasteiger partial charge in [-0.1, -0.05) is 19.1 Å². The number of aromatic nitrogens is 2. The molecule has 0 atom stereocenters. The number of hydrogen-bond donors (Lipinski definition) is 1. The van der Waals surface area contributed by atoms with E-state index in [1.807, 2.05) is 18.2 Å². The van der Waals surface area contributed by atoms with E-state index in [4.69, 9.17) is 4.98 Å². The topological polar surface area (TPSA) is 92.4 Å². The Hall–Kier alpha value is -3.48. The Morgan fingerprint density at radius 1 is 1.07 bits per heavy atom. The molecule has 1 aromatic heterocycles. The normalized spacial score (nSPS) is 14.6. The first kappa shape index (κ1) is 19.8. The summed E-state index contributed by atoms with van der Waals surface area (Å²) < 4.78 is 0. The summed E-state index contributed by atoms with van der Waals surface area (Å²) in [7, 11) is 0. The number of rotatable bonds is 5. The van der Waals surface area contributed by atoms with Gasteiger partial charge in [0.15, 0.2) is 5.82 Å². The number of aromatic hydroxyl groups is 1. The van der Waals surface area contributed by atoms with Crippen LogP contribution in [-0.4, -0.2) is 33.1 Å². The van der Waals surface area contributed by atoms with Crippen molar-refractivity contribution in [2.75, 3.05) is 18.0 Å². The highest BCUT2D eigenvalue weighted by molar-refractivity contribution is 5.60. The fourth-order valence-corrected chi connectivity index (χ4v) is 3.88. The minimum absolute atomic E-state index is 0.0573. The molecule has 7 heteroatoms. The molecule has 3 aromatic rings. The third-order valence-corrected chi connectivity index (χ3v) is 5.65. The minimum atomic E-state index is -0.406. The number of anilines is 1. The molecule has 4 rings (SSSR count). The van der Waals surface area contributed by atoms with Crippen molar-refractivity contribution in [1.82, 2.24) is 9.97 Å². The van der Waals surface area contributed by atoms with Crippen molar-refractivity contribution in [1.29, 1.82) is 0 Å². The molecule has 0 spiro atoms. The Labute approximate surface area is 175 Å². The number of benzene rings is 2. The predicted molar refractivity (Wildman–Crippen MR) is 116 cm³/mol. The smallest absolute Gasteiger partial charge is 0.269 e. The highest BCUT2D eigenvalue weighted by Gasteiger charge is 2.22. The summed E-state index contributed by atoms with van der Waals surface area (Å²) in [5.74, 6) is 2.27. The maximum absolute atomic E-state index is 10.9. The van der Waals surface area contributed by atoms with Crippen LogP contribution in [0.15, 0.2) is 54.6 Å². The van der Waals surface area contributed by atoms with Crippen molar-refractivity contribution in [3.05, 3.63) is 76.0 Å². The third kappa shape index (κ3) is 4.25. The summed E-state index contributed by atoms with van der Waals surface area (Å²) in [6.45, 7) is 3.85. The third-order valence-electron chi connectivity index (χ3n) is 5.65. The molecule has 1 saturated heterocycles. The summed E-state index contributed by atoms with van der Waals surface area (Å²) in [5, 5.41) is 20.4. The van der Waals surface area contributed by atoms with E-state index < -0.39 is 4.92 Å². The summed E-state index contributed by atoms with van der Waals surface area (Å²) >= 11 is 0. The second-order valence-corrected chi connectivity index (χ2v) is 7.55. The highest BCUT2D eigenvalue weighted by Crippen LogP contribution is 2.31. The van der Waals surface area contributed by atoms with Gasteiger partial charge in [-0.2, -0.15) is 0 Å². The molecule has 2 heterocycles. The molecule has 0 bridgehead atoms. The molecule has 1 N–H and O–H groups in total. The lowest BCUT2D eigenvalue weighted by molar-refractivity contribution is -0.384. The largest absolute Gasteiger partial charge is 0.508 e. The van der Waals surface area contributed by atoms with Crippen molar-refractivity contribution in [3.63, 3.8) is 0 Å². The Morgan fingerprint density at radius 2 is 1.73 bits per heavy atom. The van der Waals surface area contributed by atoms with Crippen molar-refractivity contribution in [3.8, 4) is 17.1 Å².